The number of hydrogen-bond acceptors (Lipinski definition) is 3. The van der Waals surface area contributed by atoms with Crippen molar-refractivity contribution in [2.24, 2.45) is 5.73 Å². The first kappa shape index (κ1) is 7.61. The molecule has 2 unspecified atom stereocenters. The van der Waals surface area contributed by atoms with Crippen LogP contribution >= 0.6 is 0 Å². The van der Waals surface area contributed by atoms with Crippen molar-refractivity contribution in [1.82, 2.24) is 5.16 Å². The largest absolute Gasteiger partial charge is 0.357 e. The summed E-state index contributed by atoms with van der Waals surface area (Å²) in [6.07, 6.45) is 3.23. The van der Waals surface area contributed by atoms with Crippen LogP contribution in [0.2, 0.25) is 0 Å². The summed E-state index contributed by atoms with van der Waals surface area (Å²) >= 11 is 0. The molecule has 0 aliphatic heterocycles. The molecule has 1 aromatic heterocycles. The Morgan fingerprint density at radius 1 is 1.58 bits per heavy atom. The van der Waals surface area contributed by atoms with E-state index in [9.17, 15) is 4.79 Å². The van der Waals surface area contributed by atoms with Crippen LogP contribution in [0.4, 0.5) is 0 Å². The Labute approximate surface area is 69.7 Å². The molecule has 2 atom stereocenters. The zero-order valence-electron chi connectivity index (χ0n) is 6.75. The molecule has 4 heteroatoms. The van der Waals surface area contributed by atoms with Gasteiger partial charge in [-0.1, -0.05) is 6.42 Å². The van der Waals surface area contributed by atoms with Gasteiger partial charge >= 0.3 is 5.63 Å². The van der Waals surface area contributed by atoms with Gasteiger partial charge in [0.15, 0.2) is 0 Å². The fraction of sp³-hybridized carbons (Fsp3) is 0.625. The second-order valence-corrected chi connectivity index (χ2v) is 3.32. The number of rotatable bonds is 1. The average Bonchev–Trinajstić information content (AvgIpc) is 2.58. The fourth-order valence-corrected chi connectivity index (χ4v) is 1.85. The molecule has 1 fully saturated rings. The van der Waals surface area contributed by atoms with Gasteiger partial charge in [-0.25, -0.2) is 9.95 Å². The van der Waals surface area contributed by atoms with Crippen molar-refractivity contribution in [2.75, 3.05) is 0 Å². The zero-order chi connectivity index (χ0) is 8.55. The first-order valence-electron chi connectivity index (χ1n) is 4.21. The van der Waals surface area contributed by atoms with E-state index in [0.29, 0.717) is 0 Å². The lowest BCUT2D eigenvalue weighted by atomic mass is 10.0. The van der Waals surface area contributed by atoms with Crippen molar-refractivity contribution in [3.05, 3.63) is 22.2 Å². The summed E-state index contributed by atoms with van der Waals surface area (Å²) in [4.78, 5) is 10.7. The van der Waals surface area contributed by atoms with Gasteiger partial charge in [0.05, 0.1) is 5.69 Å². The van der Waals surface area contributed by atoms with Crippen LogP contribution in [0.25, 0.3) is 0 Å². The summed E-state index contributed by atoms with van der Waals surface area (Å²) < 4.78 is 4.59. The molecule has 1 aliphatic carbocycles. The Kier molecular flexibility index (Phi) is 1.77. The van der Waals surface area contributed by atoms with E-state index >= 15 is 0 Å². The monoisotopic (exact) mass is 168 g/mol. The van der Waals surface area contributed by atoms with E-state index in [1.807, 2.05) is 0 Å². The van der Waals surface area contributed by atoms with Crippen LogP contribution in [-0.2, 0) is 0 Å². The molecule has 1 aliphatic rings. The van der Waals surface area contributed by atoms with Crippen molar-refractivity contribution in [3.63, 3.8) is 0 Å². The highest BCUT2D eigenvalue weighted by atomic mass is 16.5. The lowest BCUT2D eigenvalue weighted by Crippen LogP contribution is -2.22. The van der Waals surface area contributed by atoms with E-state index < -0.39 is 0 Å². The van der Waals surface area contributed by atoms with E-state index in [1.54, 1.807) is 0 Å². The smallest absolute Gasteiger partial charge is 0.339 e. The van der Waals surface area contributed by atoms with Crippen molar-refractivity contribution in [1.29, 1.82) is 0 Å². The van der Waals surface area contributed by atoms with Gasteiger partial charge in [0.25, 0.3) is 0 Å². The third kappa shape index (κ3) is 1.18. The predicted octanol–water partition coefficient (Wildman–Crippen LogP) is 0.563. The minimum atomic E-state index is -0.316. The Bertz CT molecular complexity index is 315. The van der Waals surface area contributed by atoms with Gasteiger partial charge in [0.1, 0.15) is 0 Å². The number of aromatic amines is 1. The van der Waals surface area contributed by atoms with E-state index in [2.05, 4.69) is 9.68 Å². The van der Waals surface area contributed by atoms with Crippen molar-refractivity contribution in [3.8, 4) is 0 Å². The van der Waals surface area contributed by atoms with Crippen LogP contribution in [0.3, 0.4) is 0 Å². The molecule has 0 radical (unpaired) electrons. The first-order chi connectivity index (χ1) is 5.77. The van der Waals surface area contributed by atoms with Crippen LogP contribution in [0.1, 0.15) is 30.9 Å². The molecule has 66 valence electrons. The van der Waals surface area contributed by atoms with Crippen LogP contribution in [0.15, 0.2) is 15.4 Å². The van der Waals surface area contributed by atoms with Gasteiger partial charge in [0.2, 0.25) is 0 Å². The highest BCUT2D eigenvalue weighted by Crippen LogP contribution is 2.31. The molecule has 3 N–H and O–H groups in total. The normalized spacial score (nSPS) is 29.4. The second-order valence-electron chi connectivity index (χ2n) is 3.32. The highest BCUT2D eigenvalue weighted by Gasteiger charge is 2.26. The summed E-state index contributed by atoms with van der Waals surface area (Å²) in [6.45, 7) is 0. The minimum Gasteiger partial charge on any atom is -0.339 e. The molecule has 0 amide bonds. The van der Waals surface area contributed by atoms with Crippen LogP contribution < -0.4 is 11.4 Å². The summed E-state index contributed by atoms with van der Waals surface area (Å²) in [5, 5.41) is 2.61. The van der Waals surface area contributed by atoms with Crippen molar-refractivity contribution in [2.45, 2.75) is 31.2 Å². The number of aromatic nitrogens is 1. The molecule has 1 aromatic rings. The van der Waals surface area contributed by atoms with Crippen molar-refractivity contribution >= 4 is 0 Å². The first-order valence-corrected chi connectivity index (χ1v) is 4.21. The standard InChI is InChI=1S/C8H12N2O2/c9-6-3-1-2-5(6)7-4-8(11)12-10-7/h4-6,10H,1-3,9H2. The molecule has 0 saturated heterocycles. The second kappa shape index (κ2) is 2.79. The number of hydrogen-bond donors (Lipinski definition) is 2. The van der Waals surface area contributed by atoms with Gasteiger partial charge < -0.3 is 10.3 Å². The maximum atomic E-state index is 10.7. The third-order valence-electron chi connectivity index (χ3n) is 2.51. The Balaban J connectivity index is 2.24. The maximum Gasteiger partial charge on any atom is 0.357 e. The average molecular weight is 168 g/mol. The number of nitrogens with one attached hydrogen (secondary N) is 1. The highest BCUT2D eigenvalue weighted by molar-refractivity contribution is 5.09. The molecule has 0 bridgehead atoms. The Hall–Kier alpha value is -1.03. The summed E-state index contributed by atoms with van der Waals surface area (Å²) in [5.41, 5.74) is 6.39. The summed E-state index contributed by atoms with van der Waals surface area (Å²) in [6, 6.07) is 1.67. The van der Waals surface area contributed by atoms with E-state index in [4.69, 9.17) is 5.73 Å². The molecular weight excluding hydrogens is 156 g/mol. The van der Waals surface area contributed by atoms with Gasteiger partial charge in [-0.3, -0.25) is 0 Å². The maximum absolute atomic E-state index is 10.7. The molecular formula is C8H12N2O2. The van der Waals surface area contributed by atoms with Crippen molar-refractivity contribution < 1.29 is 4.52 Å². The predicted molar refractivity (Wildman–Crippen MR) is 43.9 cm³/mol. The van der Waals surface area contributed by atoms with Crippen LogP contribution in [0.5, 0.6) is 0 Å². The van der Waals surface area contributed by atoms with E-state index in [0.717, 1.165) is 25.0 Å². The number of H-pyrrole nitrogens is 1. The van der Waals surface area contributed by atoms with Gasteiger partial charge in [-0.15, -0.1) is 0 Å². The van der Waals surface area contributed by atoms with E-state index in [1.165, 1.54) is 6.07 Å². The topological polar surface area (TPSA) is 72.0 Å². The van der Waals surface area contributed by atoms with E-state index in [-0.39, 0.29) is 17.6 Å². The zero-order valence-corrected chi connectivity index (χ0v) is 6.75. The molecule has 4 nitrogen and oxygen atoms in total. The number of nitrogens with two attached hydrogens (primary N) is 1. The summed E-state index contributed by atoms with van der Waals surface area (Å²) in [7, 11) is 0. The minimum absolute atomic E-state index is 0.179. The molecule has 1 heterocycles. The van der Waals surface area contributed by atoms with Gasteiger partial charge in [0, 0.05) is 18.0 Å². The third-order valence-corrected chi connectivity index (χ3v) is 2.51. The van der Waals surface area contributed by atoms with Crippen LogP contribution in [0, 0.1) is 0 Å². The fourth-order valence-electron chi connectivity index (χ4n) is 1.85. The molecule has 0 aromatic carbocycles. The lowest BCUT2D eigenvalue weighted by molar-refractivity contribution is 0.377. The molecule has 12 heavy (non-hydrogen) atoms. The van der Waals surface area contributed by atoms with Gasteiger partial charge in [-0.2, -0.15) is 0 Å². The lowest BCUT2D eigenvalue weighted by Gasteiger charge is -2.11. The Morgan fingerprint density at radius 2 is 2.42 bits per heavy atom. The van der Waals surface area contributed by atoms with Crippen LogP contribution in [-0.4, -0.2) is 11.2 Å². The quantitative estimate of drug-likeness (QED) is 0.643. The SMILES string of the molecule is NC1CCCC1c1cc(=O)o[nH]1. The molecule has 0 spiro atoms. The molecule has 1 saturated carbocycles. The Morgan fingerprint density at radius 3 is 2.92 bits per heavy atom. The molecule has 2 rings (SSSR count). The van der Waals surface area contributed by atoms with Gasteiger partial charge in [-0.05, 0) is 12.8 Å². The summed E-state index contributed by atoms with van der Waals surface area (Å²) in [5.74, 6) is 0.288.